The van der Waals surface area contributed by atoms with Crippen molar-refractivity contribution in [1.29, 1.82) is 5.26 Å². The molecule has 0 atom stereocenters. The van der Waals surface area contributed by atoms with Crippen molar-refractivity contribution in [2.45, 2.75) is 16.9 Å². The van der Waals surface area contributed by atoms with Gasteiger partial charge in [0.1, 0.15) is 17.4 Å². The van der Waals surface area contributed by atoms with E-state index in [2.05, 4.69) is 21.2 Å². The number of halogens is 2. The van der Waals surface area contributed by atoms with Crippen LogP contribution in [0, 0.1) is 18.3 Å². The Morgan fingerprint density at radius 2 is 2.00 bits per heavy atom. The smallest absolute Gasteiger partial charge is 0.266 e. The molecule has 0 spiro atoms. The first-order valence-electron chi connectivity index (χ1n) is 8.17. The maximum absolute atomic E-state index is 12.4. The number of carbonyl (C=O) groups excluding carboxylic acids is 1. The van der Waals surface area contributed by atoms with E-state index >= 15 is 0 Å². The highest BCUT2D eigenvalue weighted by Crippen LogP contribution is 2.36. The van der Waals surface area contributed by atoms with Crippen molar-refractivity contribution in [3.05, 3.63) is 81.0 Å². The van der Waals surface area contributed by atoms with E-state index in [-0.39, 0.29) is 5.57 Å². The Morgan fingerprint density at radius 3 is 2.68 bits per heavy atom. The lowest BCUT2D eigenvalue weighted by molar-refractivity contribution is -0.112. The summed E-state index contributed by atoms with van der Waals surface area (Å²) in [5.74, 6) is -0.0909. The third kappa shape index (κ3) is 5.29. The molecule has 1 amide bonds. The number of anilines is 1. The molecule has 0 bridgehead atoms. The first kappa shape index (κ1) is 20.3. The van der Waals surface area contributed by atoms with Gasteiger partial charge in [-0.2, -0.15) is 5.26 Å². The van der Waals surface area contributed by atoms with Gasteiger partial charge in [0.15, 0.2) is 5.09 Å². The minimum atomic E-state index is -0.493. The van der Waals surface area contributed by atoms with E-state index < -0.39 is 5.91 Å². The van der Waals surface area contributed by atoms with Gasteiger partial charge in [-0.15, -0.1) is 0 Å². The average molecular weight is 474 g/mol. The van der Waals surface area contributed by atoms with Crippen LogP contribution in [-0.2, 0) is 4.79 Å². The highest BCUT2D eigenvalue weighted by molar-refractivity contribution is 9.10. The highest BCUT2D eigenvalue weighted by Gasteiger charge is 2.14. The Labute approximate surface area is 180 Å². The maximum atomic E-state index is 12.4. The zero-order valence-electron chi connectivity index (χ0n) is 14.7. The molecule has 28 heavy (non-hydrogen) atoms. The van der Waals surface area contributed by atoms with Crippen molar-refractivity contribution in [3.8, 4) is 6.07 Å². The zero-order chi connectivity index (χ0) is 20.1. The van der Waals surface area contributed by atoms with Crippen LogP contribution in [0.15, 0.2) is 79.0 Å². The van der Waals surface area contributed by atoms with Gasteiger partial charge in [-0.25, -0.2) is 0 Å². The molecule has 140 valence electrons. The third-order valence-electron chi connectivity index (χ3n) is 3.63. The summed E-state index contributed by atoms with van der Waals surface area (Å²) in [4.78, 5) is 13.4. The first-order valence-corrected chi connectivity index (χ1v) is 10.2. The second-order valence-corrected chi connectivity index (χ2v) is 8.17. The van der Waals surface area contributed by atoms with Crippen molar-refractivity contribution in [2.75, 3.05) is 5.32 Å². The summed E-state index contributed by atoms with van der Waals surface area (Å²) in [7, 11) is 0. The largest absolute Gasteiger partial charge is 0.449 e. The Balaban J connectivity index is 1.78. The minimum absolute atomic E-state index is 0.0502. The number of furan rings is 1. The van der Waals surface area contributed by atoms with Gasteiger partial charge in [0, 0.05) is 21.7 Å². The molecule has 7 heteroatoms. The molecule has 1 heterocycles. The fourth-order valence-electron chi connectivity index (χ4n) is 2.33. The zero-order valence-corrected chi connectivity index (χ0v) is 17.9. The summed E-state index contributed by atoms with van der Waals surface area (Å²) in [6.45, 7) is 1.93. The number of hydrogen-bond donors (Lipinski definition) is 1. The van der Waals surface area contributed by atoms with E-state index in [0.717, 1.165) is 14.9 Å². The number of nitrogens with one attached hydrogen (secondary N) is 1. The highest BCUT2D eigenvalue weighted by atomic mass is 79.9. The molecule has 0 radical (unpaired) electrons. The maximum Gasteiger partial charge on any atom is 0.266 e. The molecule has 1 N–H and O–H groups in total. The van der Waals surface area contributed by atoms with Gasteiger partial charge >= 0.3 is 0 Å². The topological polar surface area (TPSA) is 66.0 Å². The number of rotatable bonds is 5. The van der Waals surface area contributed by atoms with Crippen LogP contribution in [0.3, 0.4) is 0 Å². The van der Waals surface area contributed by atoms with Gasteiger partial charge in [-0.05, 0) is 70.9 Å². The summed E-state index contributed by atoms with van der Waals surface area (Å²) < 4.78 is 6.51. The second kappa shape index (κ2) is 9.16. The molecular formula is C21H14BrClN2O2S. The van der Waals surface area contributed by atoms with E-state index in [1.165, 1.54) is 17.8 Å². The monoisotopic (exact) mass is 472 g/mol. The molecule has 3 rings (SSSR count). The number of hydrogen-bond acceptors (Lipinski definition) is 4. The van der Waals surface area contributed by atoms with Crippen molar-refractivity contribution in [1.82, 2.24) is 0 Å². The van der Waals surface area contributed by atoms with Crippen molar-refractivity contribution < 1.29 is 9.21 Å². The van der Waals surface area contributed by atoms with Crippen LogP contribution in [0.4, 0.5) is 5.69 Å². The lowest BCUT2D eigenvalue weighted by Gasteiger charge is -2.04. The standard InChI is InChI=1S/C21H14BrClN2O2S/c1-13-3-2-4-16(9-13)25-20(26)14(12-24)10-17-11-19(22)21(27-17)28-18-7-5-15(23)6-8-18/h2-11H,1H3,(H,25,26)/b14-10-. The fraction of sp³-hybridized carbons (Fsp3) is 0.0476. The van der Waals surface area contributed by atoms with E-state index in [1.807, 2.05) is 43.3 Å². The first-order chi connectivity index (χ1) is 13.4. The summed E-state index contributed by atoms with van der Waals surface area (Å²) in [6, 6.07) is 18.4. The van der Waals surface area contributed by atoms with Gasteiger partial charge in [0.2, 0.25) is 0 Å². The summed E-state index contributed by atoms with van der Waals surface area (Å²) in [5.41, 5.74) is 1.59. The van der Waals surface area contributed by atoms with Crippen molar-refractivity contribution in [3.63, 3.8) is 0 Å². The van der Waals surface area contributed by atoms with Crippen LogP contribution in [-0.4, -0.2) is 5.91 Å². The molecule has 3 aromatic rings. The van der Waals surface area contributed by atoms with Crippen molar-refractivity contribution in [2.24, 2.45) is 0 Å². The van der Waals surface area contributed by atoms with Crippen LogP contribution in [0.1, 0.15) is 11.3 Å². The minimum Gasteiger partial charge on any atom is -0.449 e. The Bertz CT molecular complexity index is 1080. The van der Waals surface area contributed by atoms with E-state index in [0.29, 0.717) is 21.6 Å². The molecule has 0 aliphatic carbocycles. The van der Waals surface area contributed by atoms with Crippen LogP contribution in [0.5, 0.6) is 0 Å². The third-order valence-corrected chi connectivity index (χ3v) is 5.73. The molecule has 4 nitrogen and oxygen atoms in total. The molecule has 0 saturated heterocycles. The second-order valence-electron chi connectivity index (χ2n) is 5.83. The van der Waals surface area contributed by atoms with Crippen molar-refractivity contribution >= 4 is 57.0 Å². The summed E-state index contributed by atoms with van der Waals surface area (Å²) in [6.07, 6.45) is 1.42. The van der Waals surface area contributed by atoms with Crippen LogP contribution >= 0.6 is 39.3 Å². The number of amides is 1. The Morgan fingerprint density at radius 1 is 1.25 bits per heavy atom. The molecule has 0 unspecified atom stereocenters. The summed E-state index contributed by atoms with van der Waals surface area (Å²) in [5, 5.41) is 13.4. The quantitative estimate of drug-likeness (QED) is 0.331. The number of carbonyl (C=O) groups is 1. The van der Waals surface area contributed by atoms with E-state index in [9.17, 15) is 10.1 Å². The number of nitrogens with zero attached hydrogens (tertiary/aromatic N) is 1. The Hall–Kier alpha value is -2.46. The number of nitriles is 1. The number of aryl methyl sites for hydroxylation is 1. The van der Waals surface area contributed by atoms with E-state index in [4.69, 9.17) is 16.0 Å². The SMILES string of the molecule is Cc1cccc(NC(=O)/C(C#N)=C\c2cc(Br)c(Sc3ccc(Cl)cc3)o2)c1. The van der Waals surface area contributed by atoms with Crippen LogP contribution < -0.4 is 5.32 Å². The van der Waals surface area contributed by atoms with Gasteiger partial charge in [0.05, 0.1) is 4.47 Å². The molecule has 2 aromatic carbocycles. The Kier molecular flexibility index (Phi) is 6.63. The predicted molar refractivity (Wildman–Crippen MR) is 115 cm³/mol. The van der Waals surface area contributed by atoms with E-state index in [1.54, 1.807) is 24.3 Å². The fourth-order valence-corrected chi connectivity index (χ4v) is 3.79. The molecule has 0 aliphatic heterocycles. The van der Waals surface area contributed by atoms with Crippen LogP contribution in [0.2, 0.25) is 5.02 Å². The number of benzene rings is 2. The lowest BCUT2D eigenvalue weighted by atomic mass is 10.2. The molecule has 0 saturated carbocycles. The molecule has 1 aromatic heterocycles. The molecular weight excluding hydrogens is 460 g/mol. The lowest BCUT2D eigenvalue weighted by Crippen LogP contribution is -2.13. The summed E-state index contributed by atoms with van der Waals surface area (Å²) >= 11 is 10.8. The van der Waals surface area contributed by atoms with Gasteiger partial charge in [-0.3, -0.25) is 4.79 Å². The van der Waals surface area contributed by atoms with Crippen LogP contribution in [0.25, 0.3) is 6.08 Å². The molecule has 0 aliphatic rings. The van der Waals surface area contributed by atoms with Gasteiger partial charge < -0.3 is 9.73 Å². The average Bonchev–Trinajstić information content (AvgIpc) is 3.00. The normalized spacial score (nSPS) is 11.1. The molecule has 0 fully saturated rings. The predicted octanol–water partition coefficient (Wildman–Crippen LogP) is 6.70. The van der Waals surface area contributed by atoms with Gasteiger partial charge in [0.25, 0.3) is 5.91 Å². The van der Waals surface area contributed by atoms with Gasteiger partial charge in [-0.1, -0.05) is 35.5 Å².